The summed E-state index contributed by atoms with van der Waals surface area (Å²) in [7, 11) is -2.85. The summed E-state index contributed by atoms with van der Waals surface area (Å²) in [6.45, 7) is 18.9. The van der Waals surface area contributed by atoms with Crippen LogP contribution in [0.15, 0.2) is 0 Å². The van der Waals surface area contributed by atoms with Crippen LogP contribution in [0.2, 0.25) is 25.7 Å². The summed E-state index contributed by atoms with van der Waals surface area (Å²) in [5.41, 5.74) is 0.120. The predicted molar refractivity (Wildman–Crippen MR) is 76.6 cm³/mol. The number of rotatable bonds is 3. The summed E-state index contributed by atoms with van der Waals surface area (Å²) in [4.78, 5) is 0. The van der Waals surface area contributed by atoms with Crippen molar-refractivity contribution in [2.24, 2.45) is 0 Å². The summed E-state index contributed by atoms with van der Waals surface area (Å²) in [5, 5.41) is 0. The van der Waals surface area contributed by atoms with E-state index in [0.29, 0.717) is 0 Å². The normalized spacial score (nSPS) is 33.0. The first-order valence-corrected chi connectivity index (χ1v) is 13.2. The molecule has 16 heavy (non-hydrogen) atoms. The molecule has 0 aromatic heterocycles. The highest BCUT2D eigenvalue weighted by Gasteiger charge is 2.55. The Hall–Kier alpha value is 0.354. The Labute approximate surface area is 103 Å². The van der Waals surface area contributed by atoms with E-state index >= 15 is 0 Å². The minimum absolute atomic E-state index is 0.120. The van der Waals surface area contributed by atoms with Gasteiger partial charge in [0.2, 0.25) is 0 Å². The fourth-order valence-corrected chi connectivity index (χ4v) is 15.9. The van der Waals surface area contributed by atoms with Gasteiger partial charge >= 0.3 is 0 Å². The van der Waals surface area contributed by atoms with Gasteiger partial charge in [-0.15, -0.1) is 0 Å². The maximum Gasteiger partial charge on any atom is 0.192 e. The first-order valence-electron chi connectivity index (χ1n) is 6.64. The third-order valence-corrected chi connectivity index (χ3v) is 21.2. The minimum atomic E-state index is -1.52. The molecule has 1 aliphatic rings. The summed E-state index contributed by atoms with van der Waals surface area (Å²) in [5.74, 6) is 0. The first-order chi connectivity index (χ1) is 7.18. The maximum atomic E-state index is 6.52. The topological polar surface area (TPSA) is 12.5 Å². The Bertz CT molecular complexity index is 251. The summed E-state index contributed by atoms with van der Waals surface area (Å²) in [6.07, 6.45) is 1.24. The average molecular weight is 260 g/mol. The van der Waals surface area contributed by atoms with Gasteiger partial charge in [-0.2, -0.15) is 0 Å². The molecule has 4 heteroatoms. The highest BCUT2D eigenvalue weighted by molar-refractivity contribution is 7.37. The lowest BCUT2D eigenvalue weighted by molar-refractivity contribution is 0.0902. The van der Waals surface area contributed by atoms with Crippen molar-refractivity contribution >= 4 is 15.6 Å². The number of nitrogens with zero attached hydrogens (tertiary/aromatic N) is 1. The van der Waals surface area contributed by atoms with Crippen molar-refractivity contribution in [2.45, 2.75) is 65.4 Å². The quantitative estimate of drug-likeness (QED) is 0.721. The van der Waals surface area contributed by atoms with Crippen LogP contribution in [0.4, 0.5) is 0 Å². The van der Waals surface area contributed by atoms with Gasteiger partial charge in [0.25, 0.3) is 0 Å². The third kappa shape index (κ3) is 2.45. The van der Waals surface area contributed by atoms with Crippen molar-refractivity contribution in [3.8, 4) is 0 Å². The summed E-state index contributed by atoms with van der Waals surface area (Å²) < 4.78 is 9.26. The van der Waals surface area contributed by atoms with E-state index in [2.05, 4.69) is 51.9 Å². The fraction of sp³-hybridized carbons (Fsp3) is 1.00. The molecule has 0 amide bonds. The predicted octanol–water partition coefficient (Wildman–Crippen LogP) is 3.39. The lowest BCUT2D eigenvalue weighted by Crippen LogP contribution is -2.73. The average Bonchev–Trinajstić information content (AvgIpc) is 2.13. The zero-order valence-electron chi connectivity index (χ0n) is 12.2. The molecule has 1 heterocycles. The molecule has 0 N–H and O–H groups in total. The standard InChI is InChI=1S/C12H29NOSi2/c1-8-13(9-2)16(7)11-10-12(3,4)14-15(16,5)6/h8-11H2,1-7H3. The Kier molecular flexibility index (Phi) is 4.10. The Morgan fingerprint density at radius 2 is 1.62 bits per heavy atom. The molecule has 1 fully saturated rings. The van der Waals surface area contributed by atoms with Crippen molar-refractivity contribution in [3.05, 3.63) is 0 Å². The van der Waals surface area contributed by atoms with Crippen molar-refractivity contribution in [1.29, 1.82) is 0 Å². The SMILES string of the molecule is CCN(CC)[Si]1(C)CCC(C)(C)O[Si]1(C)C. The van der Waals surface area contributed by atoms with Crippen LogP contribution >= 0.6 is 0 Å². The molecule has 1 saturated heterocycles. The smallest absolute Gasteiger partial charge is 0.192 e. The van der Waals surface area contributed by atoms with Gasteiger partial charge in [0.1, 0.15) is 7.75 Å². The molecule has 96 valence electrons. The maximum absolute atomic E-state index is 6.52. The van der Waals surface area contributed by atoms with Gasteiger partial charge in [0.15, 0.2) is 7.83 Å². The monoisotopic (exact) mass is 259 g/mol. The molecule has 0 saturated carbocycles. The van der Waals surface area contributed by atoms with Gasteiger partial charge in [-0.1, -0.05) is 20.4 Å². The molecular formula is C12H29NOSi2. The zero-order chi connectivity index (χ0) is 12.6. The highest BCUT2D eigenvalue weighted by atomic mass is 29.3. The van der Waals surface area contributed by atoms with E-state index in [0.717, 1.165) is 0 Å². The fourth-order valence-electron chi connectivity index (χ4n) is 3.16. The van der Waals surface area contributed by atoms with E-state index in [4.69, 9.17) is 4.43 Å². The molecule has 0 aromatic rings. The van der Waals surface area contributed by atoms with E-state index in [9.17, 15) is 0 Å². The van der Waals surface area contributed by atoms with E-state index in [-0.39, 0.29) is 5.60 Å². The van der Waals surface area contributed by atoms with Gasteiger partial charge in [-0.25, -0.2) is 0 Å². The van der Waals surface area contributed by atoms with E-state index in [1.54, 1.807) is 0 Å². The zero-order valence-corrected chi connectivity index (χ0v) is 14.2. The van der Waals surface area contributed by atoms with Crippen molar-refractivity contribution in [3.63, 3.8) is 0 Å². The summed E-state index contributed by atoms with van der Waals surface area (Å²) >= 11 is 0. The number of hydrogen-bond donors (Lipinski definition) is 0. The second-order valence-electron chi connectivity index (χ2n) is 6.32. The molecule has 0 aliphatic carbocycles. The van der Waals surface area contributed by atoms with E-state index < -0.39 is 15.6 Å². The molecule has 1 atom stereocenters. The largest absolute Gasteiger partial charge is 0.414 e. The minimum Gasteiger partial charge on any atom is -0.414 e. The second-order valence-corrected chi connectivity index (χ2v) is 20.1. The molecule has 1 aliphatic heterocycles. The van der Waals surface area contributed by atoms with E-state index in [1.165, 1.54) is 25.6 Å². The molecule has 1 unspecified atom stereocenters. The van der Waals surface area contributed by atoms with E-state index in [1.807, 2.05) is 0 Å². The molecular weight excluding hydrogens is 230 g/mol. The highest BCUT2D eigenvalue weighted by Crippen LogP contribution is 2.40. The lowest BCUT2D eigenvalue weighted by Gasteiger charge is -2.55. The van der Waals surface area contributed by atoms with Crippen molar-refractivity contribution in [2.75, 3.05) is 13.1 Å². The molecule has 0 aromatic carbocycles. The number of hydrogen-bond acceptors (Lipinski definition) is 2. The van der Waals surface area contributed by atoms with Crippen LogP contribution in [0.25, 0.3) is 0 Å². The van der Waals surface area contributed by atoms with Gasteiger partial charge in [0, 0.05) is 0 Å². The molecule has 2 nitrogen and oxygen atoms in total. The van der Waals surface area contributed by atoms with Crippen LogP contribution in [-0.4, -0.2) is 38.8 Å². The van der Waals surface area contributed by atoms with Gasteiger partial charge in [0.05, 0.1) is 5.60 Å². The molecule has 0 bridgehead atoms. The van der Waals surface area contributed by atoms with Gasteiger partial charge in [-0.05, 0) is 52.5 Å². The van der Waals surface area contributed by atoms with Crippen LogP contribution in [0.5, 0.6) is 0 Å². The molecule has 0 radical (unpaired) electrons. The Balaban J connectivity index is 2.96. The molecule has 1 rings (SSSR count). The van der Waals surface area contributed by atoms with Crippen LogP contribution in [0, 0.1) is 0 Å². The van der Waals surface area contributed by atoms with Crippen LogP contribution in [0.3, 0.4) is 0 Å². The third-order valence-electron chi connectivity index (χ3n) is 4.50. The van der Waals surface area contributed by atoms with Crippen LogP contribution < -0.4 is 0 Å². The Morgan fingerprint density at radius 1 is 1.12 bits per heavy atom. The van der Waals surface area contributed by atoms with Gasteiger partial charge in [-0.3, -0.25) is 0 Å². The first kappa shape index (κ1) is 14.4. The molecule has 0 spiro atoms. The summed E-state index contributed by atoms with van der Waals surface area (Å²) in [6, 6.07) is 1.42. The van der Waals surface area contributed by atoms with Crippen LogP contribution in [-0.2, 0) is 4.43 Å². The Morgan fingerprint density at radius 3 is 2.00 bits per heavy atom. The second kappa shape index (κ2) is 4.55. The van der Waals surface area contributed by atoms with Crippen molar-refractivity contribution < 1.29 is 4.43 Å². The lowest BCUT2D eigenvalue weighted by atomic mass is 10.1. The van der Waals surface area contributed by atoms with Gasteiger partial charge < -0.3 is 8.99 Å². The van der Waals surface area contributed by atoms with Crippen molar-refractivity contribution in [1.82, 2.24) is 4.57 Å². The van der Waals surface area contributed by atoms with Crippen LogP contribution in [0.1, 0.15) is 34.1 Å².